The predicted octanol–water partition coefficient (Wildman–Crippen LogP) is 1.19. The molecular formula is C6H6N2O3. The van der Waals surface area contributed by atoms with Crippen LogP contribution in [0.1, 0.15) is 0 Å². The van der Waals surface area contributed by atoms with Crippen molar-refractivity contribution in [1.82, 2.24) is 4.98 Å². The molecule has 0 spiro atoms. The maximum Gasteiger partial charge on any atom is 0.247 e. The van der Waals surface area contributed by atoms with E-state index in [0.29, 0.717) is 0 Å². The van der Waals surface area contributed by atoms with Crippen molar-refractivity contribution in [2.45, 2.75) is 0 Å². The standard InChI is InChI=1S/C6H6N2O3/c1-11-6-5(8-10)4(9)2-3-7-6/h2-3H,1H3,(H,7,9). The van der Waals surface area contributed by atoms with Gasteiger partial charge in [-0.1, -0.05) is 0 Å². The molecule has 0 aliphatic heterocycles. The zero-order valence-corrected chi connectivity index (χ0v) is 5.81. The van der Waals surface area contributed by atoms with Gasteiger partial charge in [0, 0.05) is 12.3 Å². The Kier molecular flexibility index (Phi) is 2.00. The maximum absolute atomic E-state index is 10.1. The summed E-state index contributed by atoms with van der Waals surface area (Å²) in [6, 6.07) is 1.26. The van der Waals surface area contributed by atoms with E-state index in [1.165, 1.54) is 19.4 Å². The third-order valence-corrected chi connectivity index (χ3v) is 1.15. The molecule has 5 nitrogen and oxygen atoms in total. The molecule has 0 aromatic carbocycles. The molecule has 0 aliphatic rings. The van der Waals surface area contributed by atoms with E-state index >= 15 is 0 Å². The van der Waals surface area contributed by atoms with Gasteiger partial charge in [-0.15, -0.1) is 4.91 Å². The summed E-state index contributed by atoms with van der Waals surface area (Å²) < 4.78 is 4.65. The van der Waals surface area contributed by atoms with Gasteiger partial charge in [-0.05, 0) is 5.18 Å². The molecule has 1 heterocycles. The van der Waals surface area contributed by atoms with Crippen molar-refractivity contribution in [2.75, 3.05) is 7.11 Å². The molecule has 0 saturated carbocycles. The van der Waals surface area contributed by atoms with Crippen LogP contribution in [0, 0.1) is 4.91 Å². The first-order valence-corrected chi connectivity index (χ1v) is 2.85. The third kappa shape index (κ3) is 1.26. The van der Waals surface area contributed by atoms with Crippen molar-refractivity contribution in [3.05, 3.63) is 17.2 Å². The fraction of sp³-hybridized carbons (Fsp3) is 0.167. The highest BCUT2D eigenvalue weighted by atomic mass is 16.5. The molecule has 58 valence electrons. The van der Waals surface area contributed by atoms with Crippen LogP contribution in [0.5, 0.6) is 11.6 Å². The lowest BCUT2D eigenvalue weighted by molar-refractivity contribution is 0.393. The molecule has 1 aromatic rings. The van der Waals surface area contributed by atoms with E-state index in [4.69, 9.17) is 5.11 Å². The SMILES string of the molecule is COc1nccc(O)c1N=O. The van der Waals surface area contributed by atoms with Gasteiger partial charge in [0.15, 0.2) is 5.75 Å². The number of methoxy groups -OCH3 is 1. The summed E-state index contributed by atoms with van der Waals surface area (Å²) in [6.45, 7) is 0. The Balaban J connectivity index is 3.24. The van der Waals surface area contributed by atoms with Crippen LogP contribution in [0.4, 0.5) is 5.69 Å². The molecule has 0 fully saturated rings. The van der Waals surface area contributed by atoms with Crippen LogP contribution in [-0.4, -0.2) is 17.2 Å². The first-order valence-electron chi connectivity index (χ1n) is 2.85. The van der Waals surface area contributed by atoms with E-state index in [-0.39, 0.29) is 17.3 Å². The van der Waals surface area contributed by atoms with Gasteiger partial charge in [-0.3, -0.25) is 0 Å². The van der Waals surface area contributed by atoms with Crippen molar-refractivity contribution >= 4 is 5.69 Å². The van der Waals surface area contributed by atoms with Crippen LogP contribution < -0.4 is 4.74 Å². The predicted molar refractivity (Wildman–Crippen MR) is 37.9 cm³/mol. The monoisotopic (exact) mass is 154 g/mol. The minimum atomic E-state index is -0.230. The van der Waals surface area contributed by atoms with E-state index in [9.17, 15) is 4.91 Å². The zero-order chi connectivity index (χ0) is 8.27. The molecule has 5 heteroatoms. The Morgan fingerprint density at radius 3 is 2.91 bits per heavy atom. The summed E-state index contributed by atoms with van der Waals surface area (Å²) in [4.78, 5) is 13.7. The Hall–Kier alpha value is -1.65. The molecule has 0 aliphatic carbocycles. The Labute approximate surface area is 62.6 Å². The second kappa shape index (κ2) is 2.96. The van der Waals surface area contributed by atoms with Crippen LogP contribution in [0.2, 0.25) is 0 Å². The van der Waals surface area contributed by atoms with Crippen LogP contribution in [0.15, 0.2) is 17.4 Å². The number of nitrogens with zero attached hydrogens (tertiary/aromatic N) is 2. The maximum atomic E-state index is 10.1. The first kappa shape index (κ1) is 7.46. The van der Waals surface area contributed by atoms with Crippen molar-refractivity contribution < 1.29 is 9.84 Å². The highest BCUT2D eigenvalue weighted by Gasteiger charge is 2.08. The Bertz CT molecular complexity index is 275. The summed E-state index contributed by atoms with van der Waals surface area (Å²) in [5.74, 6) is -0.202. The van der Waals surface area contributed by atoms with Crippen molar-refractivity contribution in [2.24, 2.45) is 5.18 Å². The molecule has 1 rings (SSSR count). The molecule has 0 atom stereocenters. The van der Waals surface area contributed by atoms with Crippen molar-refractivity contribution in [3.8, 4) is 11.6 Å². The number of hydrogen-bond acceptors (Lipinski definition) is 5. The van der Waals surface area contributed by atoms with E-state index in [1.807, 2.05) is 0 Å². The molecule has 0 saturated heterocycles. The van der Waals surface area contributed by atoms with E-state index < -0.39 is 0 Å². The Morgan fingerprint density at radius 2 is 2.45 bits per heavy atom. The van der Waals surface area contributed by atoms with Crippen LogP contribution >= 0.6 is 0 Å². The van der Waals surface area contributed by atoms with Crippen LogP contribution in [-0.2, 0) is 0 Å². The largest absolute Gasteiger partial charge is 0.505 e. The van der Waals surface area contributed by atoms with Gasteiger partial charge in [0.05, 0.1) is 7.11 Å². The average molecular weight is 154 g/mol. The van der Waals surface area contributed by atoms with E-state index in [0.717, 1.165) is 0 Å². The number of nitroso groups, excluding NO2 is 1. The van der Waals surface area contributed by atoms with Gasteiger partial charge >= 0.3 is 0 Å². The van der Waals surface area contributed by atoms with Gasteiger partial charge in [0.25, 0.3) is 0 Å². The fourth-order valence-electron chi connectivity index (χ4n) is 0.660. The van der Waals surface area contributed by atoms with Gasteiger partial charge in [0.1, 0.15) is 0 Å². The van der Waals surface area contributed by atoms with Gasteiger partial charge < -0.3 is 9.84 Å². The van der Waals surface area contributed by atoms with Crippen LogP contribution in [0.25, 0.3) is 0 Å². The molecule has 1 N–H and O–H groups in total. The topological polar surface area (TPSA) is 71.8 Å². The summed E-state index contributed by atoms with van der Waals surface area (Å²) in [5.41, 5.74) is -0.171. The lowest BCUT2D eigenvalue weighted by atomic mass is 10.4. The zero-order valence-electron chi connectivity index (χ0n) is 5.81. The number of hydrogen-bond donors (Lipinski definition) is 1. The minimum absolute atomic E-state index is 0.0278. The molecular weight excluding hydrogens is 148 g/mol. The second-order valence-corrected chi connectivity index (χ2v) is 1.78. The summed E-state index contributed by atoms with van der Waals surface area (Å²) >= 11 is 0. The van der Waals surface area contributed by atoms with Gasteiger partial charge in [-0.2, -0.15) is 0 Å². The molecule has 1 aromatic heterocycles. The van der Waals surface area contributed by atoms with Crippen LogP contribution in [0.3, 0.4) is 0 Å². The third-order valence-electron chi connectivity index (χ3n) is 1.15. The number of ether oxygens (including phenoxy) is 1. The van der Waals surface area contributed by atoms with Crippen molar-refractivity contribution in [1.29, 1.82) is 0 Å². The van der Waals surface area contributed by atoms with E-state index in [1.54, 1.807) is 0 Å². The average Bonchev–Trinajstić information content (AvgIpc) is 2.04. The minimum Gasteiger partial charge on any atom is -0.505 e. The molecule has 0 amide bonds. The summed E-state index contributed by atoms with van der Waals surface area (Å²) in [7, 11) is 1.34. The quantitative estimate of drug-likeness (QED) is 0.649. The molecule has 0 unspecified atom stereocenters. The normalized spacial score (nSPS) is 9.18. The fourth-order valence-corrected chi connectivity index (χ4v) is 0.660. The first-order chi connectivity index (χ1) is 5.29. The lowest BCUT2D eigenvalue weighted by Crippen LogP contribution is -1.86. The number of rotatable bonds is 2. The molecule has 0 bridgehead atoms. The highest BCUT2D eigenvalue weighted by Crippen LogP contribution is 2.33. The lowest BCUT2D eigenvalue weighted by Gasteiger charge is -2.00. The summed E-state index contributed by atoms with van der Waals surface area (Å²) in [5, 5.41) is 11.6. The van der Waals surface area contributed by atoms with Gasteiger partial charge in [0.2, 0.25) is 11.6 Å². The van der Waals surface area contributed by atoms with Crippen molar-refractivity contribution in [3.63, 3.8) is 0 Å². The van der Waals surface area contributed by atoms with Gasteiger partial charge in [-0.25, -0.2) is 4.98 Å². The molecule has 11 heavy (non-hydrogen) atoms. The Morgan fingerprint density at radius 1 is 1.73 bits per heavy atom. The van der Waals surface area contributed by atoms with E-state index in [2.05, 4.69) is 14.9 Å². The highest BCUT2D eigenvalue weighted by molar-refractivity contribution is 5.57. The molecule has 0 radical (unpaired) electrons. The summed E-state index contributed by atoms with van der Waals surface area (Å²) in [6.07, 6.45) is 1.32. The number of pyridine rings is 1. The second-order valence-electron chi connectivity index (χ2n) is 1.78. The number of aromatic hydroxyl groups is 1. The smallest absolute Gasteiger partial charge is 0.247 e. The number of aromatic nitrogens is 1.